The van der Waals surface area contributed by atoms with Gasteiger partial charge in [-0.1, -0.05) is 0 Å². The van der Waals surface area contributed by atoms with E-state index in [0.717, 1.165) is 109 Å². The number of aryl methyl sites for hydroxylation is 1. The molecule has 2 aromatic carbocycles. The van der Waals surface area contributed by atoms with Crippen LogP contribution in [0.4, 0.5) is 11.5 Å². The van der Waals surface area contributed by atoms with E-state index in [0.29, 0.717) is 29.0 Å². The number of nitrogens with zero attached hydrogens (tertiary/aromatic N) is 7. The van der Waals surface area contributed by atoms with Crippen molar-refractivity contribution in [1.29, 1.82) is 0 Å². The van der Waals surface area contributed by atoms with E-state index in [-0.39, 0.29) is 18.4 Å². The highest BCUT2D eigenvalue weighted by molar-refractivity contribution is 6.23. The number of rotatable bonds is 10. The van der Waals surface area contributed by atoms with Crippen molar-refractivity contribution in [3.8, 4) is 22.6 Å². The fourth-order valence-corrected chi connectivity index (χ4v) is 8.87. The topological polar surface area (TPSA) is 150 Å². The predicted octanol–water partition coefficient (Wildman–Crippen LogP) is 3.12. The zero-order valence-corrected chi connectivity index (χ0v) is 33.7. The molecule has 1 N–H and O–H groups in total. The number of piperazine rings is 1. The van der Waals surface area contributed by atoms with Gasteiger partial charge < -0.3 is 28.7 Å². The molecular weight excluding hydrogens is 741 g/mol. The molecule has 6 heterocycles. The standard InChI is InChI=1S/C43H50N8O7/c1-46(2)38-21-30-32(22-44-38)41(54)47(3)24-33(30)27-18-36(57-4)34(37(19-27)58-5)25-49-16-14-48(15-17-49)23-26-10-12-50(13-11-26)28-6-7-29-31(20-28)43(56)51(42(29)55)35-8-9-39(52)45-40(35)53/h6-7,18-22,24,26,35H,8-17,23,25H2,1-5H3,(H,45,52,53). The summed E-state index contributed by atoms with van der Waals surface area (Å²) >= 11 is 0. The number of carbonyl (C=O) groups excluding carboxylic acids is 4. The average molecular weight is 791 g/mol. The van der Waals surface area contributed by atoms with Gasteiger partial charge in [-0.05, 0) is 67.1 Å². The molecule has 4 amide bonds. The van der Waals surface area contributed by atoms with E-state index >= 15 is 0 Å². The molecule has 2 aromatic heterocycles. The van der Waals surface area contributed by atoms with Crippen molar-refractivity contribution in [2.45, 2.75) is 38.3 Å². The smallest absolute Gasteiger partial charge is 0.262 e. The van der Waals surface area contributed by atoms with Gasteiger partial charge in [-0.3, -0.25) is 39.1 Å². The van der Waals surface area contributed by atoms with Crippen LogP contribution in [0, 0.1) is 5.92 Å². The summed E-state index contributed by atoms with van der Waals surface area (Å²) in [6.45, 7) is 7.15. The van der Waals surface area contributed by atoms with Gasteiger partial charge in [0.1, 0.15) is 23.4 Å². The van der Waals surface area contributed by atoms with E-state index in [2.05, 4.69) is 25.0 Å². The van der Waals surface area contributed by atoms with Crippen molar-refractivity contribution < 1.29 is 28.7 Å². The second-order valence-electron chi connectivity index (χ2n) is 16.0. The highest BCUT2D eigenvalue weighted by Gasteiger charge is 2.45. The minimum Gasteiger partial charge on any atom is -0.496 e. The summed E-state index contributed by atoms with van der Waals surface area (Å²) < 4.78 is 13.6. The van der Waals surface area contributed by atoms with Gasteiger partial charge >= 0.3 is 0 Å². The Kier molecular flexibility index (Phi) is 10.7. The molecule has 0 bridgehead atoms. The van der Waals surface area contributed by atoms with Gasteiger partial charge in [-0.15, -0.1) is 0 Å². The molecule has 1 unspecified atom stereocenters. The van der Waals surface area contributed by atoms with Crippen LogP contribution in [0.2, 0.25) is 0 Å². The molecule has 58 heavy (non-hydrogen) atoms. The fourth-order valence-electron chi connectivity index (χ4n) is 8.87. The number of imide groups is 2. The third-order valence-electron chi connectivity index (χ3n) is 12.2. The van der Waals surface area contributed by atoms with E-state index in [9.17, 15) is 24.0 Å². The lowest BCUT2D eigenvalue weighted by molar-refractivity contribution is -0.136. The van der Waals surface area contributed by atoms with E-state index in [1.165, 1.54) is 0 Å². The predicted molar refractivity (Wildman–Crippen MR) is 220 cm³/mol. The number of methoxy groups -OCH3 is 2. The van der Waals surface area contributed by atoms with Crippen molar-refractivity contribution in [3.63, 3.8) is 0 Å². The third-order valence-corrected chi connectivity index (χ3v) is 12.2. The number of aromatic nitrogens is 2. The lowest BCUT2D eigenvalue weighted by atomic mass is 9.95. The van der Waals surface area contributed by atoms with Crippen LogP contribution in [0.5, 0.6) is 11.5 Å². The molecule has 0 spiro atoms. The van der Waals surface area contributed by atoms with Crippen LogP contribution < -0.4 is 30.1 Å². The van der Waals surface area contributed by atoms with E-state index < -0.39 is 29.7 Å². The van der Waals surface area contributed by atoms with Gasteiger partial charge in [-0.25, -0.2) is 4.98 Å². The van der Waals surface area contributed by atoms with Crippen molar-refractivity contribution in [2.75, 3.05) is 83.9 Å². The zero-order chi connectivity index (χ0) is 40.8. The second kappa shape index (κ2) is 15.9. The first-order valence-corrected chi connectivity index (χ1v) is 19.9. The van der Waals surface area contributed by atoms with Crippen LogP contribution >= 0.6 is 0 Å². The summed E-state index contributed by atoms with van der Waals surface area (Å²) in [5, 5.41) is 3.62. The van der Waals surface area contributed by atoms with Crippen LogP contribution in [0.25, 0.3) is 21.9 Å². The summed E-state index contributed by atoms with van der Waals surface area (Å²) in [7, 11) is 8.97. The van der Waals surface area contributed by atoms with E-state index in [1.54, 1.807) is 44.2 Å². The molecule has 15 nitrogen and oxygen atoms in total. The third kappa shape index (κ3) is 7.28. The minimum absolute atomic E-state index is 0.0928. The minimum atomic E-state index is -0.972. The van der Waals surface area contributed by atoms with Crippen molar-refractivity contribution >= 4 is 45.9 Å². The first-order chi connectivity index (χ1) is 27.9. The second-order valence-corrected chi connectivity index (χ2v) is 16.0. The number of nitrogens with one attached hydrogen (secondary N) is 1. The van der Waals surface area contributed by atoms with Gasteiger partial charge in [0, 0.05) is 109 Å². The van der Waals surface area contributed by atoms with Gasteiger partial charge in [0.15, 0.2) is 0 Å². The van der Waals surface area contributed by atoms with Crippen LogP contribution in [-0.4, -0.2) is 128 Å². The van der Waals surface area contributed by atoms with Crippen molar-refractivity contribution in [2.24, 2.45) is 13.0 Å². The first kappa shape index (κ1) is 39.0. The number of ether oxygens (including phenoxy) is 2. The van der Waals surface area contributed by atoms with Crippen LogP contribution in [0.3, 0.4) is 0 Å². The number of anilines is 2. The molecule has 4 aromatic rings. The number of fused-ring (bicyclic) bond motifs is 2. The van der Waals surface area contributed by atoms with E-state index in [1.807, 2.05) is 49.5 Å². The maximum Gasteiger partial charge on any atom is 0.262 e. The largest absolute Gasteiger partial charge is 0.496 e. The summed E-state index contributed by atoms with van der Waals surface area (Å²) in [6.07, 6.45) is 5.78. The molecule has 0 radical (unpaired) electrons. The Morgan fingerprint density at radius 3 is 2.12 bits per heavy atom. The molecule has 3 fully saturated rings. The number of piperidine rings is 2. The van der Waals surface area contributed by atoms with Crippen LogP contribution in [0.1, 0.15) is 52.0 Å². The zero-order valence-electron chi connectivity index (χ0n) is 33.7. The summed E-state index contributed by atoms with van der Waals surface area (Å²) in [4.78, 5) is 78.4. The SMILES string of the molecule is COc1cc(-c2cn(C)c(=O)c3cnc(N(C)C)cc23)cc(OC)c1CN1CCN(CC2CCN(c3ccc4c(c3)C(=O)N(C3CCC(=O)NC3=O)C4=O)CC2)CC1. The van der Waals surface area contributed by atoms with Gasteiger partial charge in [-0.2, -0.15) is 0 Å². The fraction of sp³-hybridized carbons (Fsp3) is 0.442. The van der Waals surface area contributed by atoms with Crippen LogP contribution in [0.15, 0.2) is 53.6 Å². The number of carbonyl (C=O) groups is 4. The Labute approximate surface area is 337 Å². The number of amides is 4. The number of pyridine rings is 2. The Hall–Kier alpha value is -5.80. The average Bonchev–Trinajstić information content (AvgIpc) is 3.47. The molecule has 0 saturated carbocycles. The molecule has 0 aliphatic carbocycles. The lowest BCUT2D eigenvalue weighted by Gasteiger charge is -2.39. The number of hydrogen-bond donors (Lipinski definition) is 1. The summed E-state index contributed by atoms with van der Waals surface area (Å²) in [5.74, 6) is 0.820. The molecule has 8 rings (SSSR count). The number of benzene rings is 2. The Bertz CT molecular complexity index is 2340. The molecular formula is C43H50N8O7. The van der Waals surface area contributed by atoms with Crippen molar-refractivity contribution in [3.05, 3.63) is 75.8 Å². The Morgan fingerprint density at radius 1 is 0.793 bits per heavy atom. The highest BCUT2D eigenvalue weighted by atomic mass is 16.5. The lowest BCUT2D eigenvalue weighted by Crippen LogP contribution is -2.54. The van der Waals surface area contributed by atoms with Crippen LogP contribution in [-0.2, 0) is 23.2 Å². The highest BCUT2D eigenvalue weighted by Crippen LogP contribution is 2.39. The maximum absolute atomic E-state index is 13.4. The number of hydrogen-bond acceptors (Lipinski definition) is 12. The molecule has 15 heteroatoms. The van der Waals surface area contributed by atoms with E-state index in [4.69, 9.17) is 9.47 Å². The summed E-state index contributed by atoms with van der Waals surface area (Å²) in [6, 6.07) is 10.4. The molecule has 1 atom stereocenters. The van der Waals surface area contributed by atoms with Gasteiger partial charge in [0.25, 0.3) is 17.4 Å². The molecule has 4 aliphatic rings. The molecule has 4 aliphatic heterocycles. The summed E-state index contributed by atoms with van der Waals surface area (Å²) in [5.41, 5.74) is 4.17. The van der Waals surface area contributed by atoms with Crippen molar-refractivity contribution in [1.82, 2.24) is 29.6 Å². The normalized spacial score (nSPS) is 19.5. The van der Waals surface area contributed by atoms with Gasteiger partial charge in [0.2, 0.25) is 11.8 Å². The monoisotopic (exact) mass is 790 g/mol. The first-order valence-electron chi connectivity index (χ1n) is 19.9. The maximum atomic E-state index is 13.4. The van der Waals surface area contributed by atoms with Gasteiger partial charge in [0.05, 0.1) is 36.3 Å². The quantitative estimate of drug-likeness (QED) is 0.235. The Balaban J connectivity index is 0.876. The molecule has 304 valence electrons. The Morgan fingerprint density at radius 2 is 1.47 bits per heavy atom. The molecule has 3 saturated heterocycles.